The Morgan fingerprint density at radius 1 is 1.16 bits per heavy atom. The van der Waals surface area contributed by atoms with E-state index in [0.29, 0.717) is 12.8 Å². The van der Waals surface area contributed by atoms with E-state index >= 15 is 0 Å². The summed E-state index contributed by atoms with van der Waals surface area (Å²) in [6.07, 6.45) is 6.49. The molecule has 1 aliphatic carbocycles. The van der Waals surface area contributed by atoms with Crippen LogP contribution in [0.1, 0.15) is 32.1 Å². The van der Waals surface area contributed by atoms with Crippen LogP contribution in [-0.4, -0.2) is 32.6 Å². The van der Waals surface area contributed by atoms with Gasteiger partial charge in [0.2, 0.25) is 5.95 Å². The van der Waals surface area contributed by atoms with Crippen LogP contribution < -0.4 is 10.6 Å². The number of amides is 2. The second-order valence-electron chi connectivity index (χ2n) is 4.60. The number of aromatic nitrogens is 2. The molecule has 0 saturated heterocycles. The number of aliphatic carboxylic acids is 1. The fraction of sp³-hybridized carbons (Fsp3) is 0.500. The molecule has 1 aromatic heterocycles. The summed E-state index contributed by atoms with van der Waals surface area (Å²) in [6, 6.07) is 1.04. The molecule has 0 aliphatic heterocycles. The van der Waals surface area contributed by atoms with Crippen LogP contribution in [0.4, 0.5) is 10.7 Å². The lowest BCUT2D eigenvalue weighted by Crippen LogP contribution is -2.56. The Morgan fingerprint density at radius 2 is 1.79 bits per heavy atom. The second kappa shape index (κ2) is 5.64. The third-order valence-electron chi connectivity index (χ3n) is 3.26. The molecule has 1 fully saturated rings. The van der Waals surface area contributed by atoms with Crippen molar-refractivity contribution in [1.82, 2.24) is 15.3 Å². The predicted molar refractivity (Wildman–Crippen MR) is 67.6 cm³/mol. The Kier molecular flexibility index (Phi) is 3.94. The van der Waals surface area contributed by atoms with E-state index in [1.165, 1.54) is 12.4 Å². The molecule has 0 unspecified atom stereocenters. The smallest absolute Gasteiger partial charge is 0.329 e. The number of carboxylic acids is 1. The quantitative estimate of drug-likeness (QED) is 0.765. The average molecular weight is 264 g/mol. The number of urea groups is 1. The second-order valence-corrected chi connectivity index (χ2v) is 4.60. The van der Waals surface area contributed by atoms with Crippen molar-refractivity contribution in [2.75, 3.05) is 5.32 Å². The van der Waals surface area contributed by atoms with Crippen molar-refractivity contribution in [2.45, 2.75) is 37.6 Å². The zero-order valence-electron chi connectivity index (χ0n) is 10.4. The fourth-order valence-corrected chi connectivity index (χ4v) is 2.26. The summed E-state index contributed by atoms with van der Waals surface area (Å²) >= 11 is 0. The SMILES string of the molecule is O=C(Nc1ncccn1)NC1(C(=O)O)CCCCC1. The molecular formula is C12H16N4O3. The molecule has 0 aromatic carbocycles. The molecule has 1 aromatic rings. The van der Waals surface area contributed by atoms with E-state index in [1.807, 2.05) is 0 Å². The maximum atomic E-state index is 11.8. The highest BCUT2D eigenvalue weighted by molar-refractivity contribution is 5.92. The van der Waals surface area contributed by atoms with Gasteiger partial charge in [0, 0.05) is 12.4 Å². The Labute approximate surface area is 110 Å². The van der Waals surface area contributed by atoms with Crippen molar-refractivity contribution in [3.05, 3.63) is 18.5 Å². The van der Waals surface area contributed by atoms with Gasteiger partial charge in [-0.25, -0.2) is 19.6 Å². The number of hydrogen-bond donors (Lipinski definition) is 3. The number of hydrogen-bond acceptors (Lipinski definition) is 4. The minimum absolute atomic E-state index is 0.149. The van der Waals surface area contributed by atoms with Gasteiger partial charge < -0.3 is 10.4 Å². The zero-order chi connectivity index (χ0) is 13.7. The van der Waals surface area contributed by atoms with Gasteiger partial charge >= 0.3 is 12.0 Å². The van der Waals surface area contributed by atoms with E-state index < -0.39 is 17.5 Å². The summed E-state index contributed by atoms with van der Waals surface area (Å²) < 4.78 is 0. The molecule has 0 radical (unpaired) electrons. The van der Waals surface area contributed by atoms with E-state index in [0.717, 1.165) is 19.3 Å². The van der Waals surface area contributed by atoms with Gasteiger partial charge in [-0.3, -0.25) is 5.32 Å². The predicted octanol–water partition coefficient (Wildman–Crippen LogP) is 1.39. The zero-order valence-corrected chi connectivity index (χ0v) is 10.4. The first kappa shape index (κ1) is 13.3. The Balaban J connectivity index is 2.01. The molecular weight excluding hydrogens is 248 g/mol. The lowest BCUT2D eigenvalue weighted by Gasteiger charge is -2.33. The first-order valence-corrected chi connectivity index (χ1v) is 6.22. The Hall–Kier alpha value is -2.18. The molecule has 19 heavy (non-hydrogen) atoms. The molecule has 102 valence electrons. The first-order chi connectivity index (χ1) is 9.12. The average Bonchev–Trinajstić information content (AvgIpc) is 2.40. The molecule has 0 spiro atoms. The number of nitrogens with one attached hydrogen (secondary N) is 2. The van der Waals surface area contributed by atoms with Crippen molar-refractivity contribution in [1.29, 1.82) is 0 Å². The summed E-state index contributed by atoms with van der Waals surface area (Å²) in [7, 11) is 0. The molecule has 0 atom stereocenters. The van der Waals surface area contributed by atoms with Gasteiger partial charge in [-0.15, -0.1) is 0 Å². The molecule has 1 aliphatic rings. The monoisotopic (exact) mass is 264 g/mol. The minimum Gasteiger partial charge on any atom is -0.480 e. The van der Waals surface area contributed by atoms with Crippen molar-refractivity contribution in [3.8, 4) is 0 Å². The maximum absolute atomic E-state index is 11.8. The number of rotatable bonds is 3. The number of carbonyl (C=O) groups is 2. The molecule has 7 nitrogen and oxygen atoms in total. The molecule has 3 N–H and O–H groups in total. The number of carbonyl (C=O) groups excluding carboxylic acids is 1. The van der Waals surface area contributed by atoms with Gasteiger partial charge in [0.05, 0.1) is 0 Å². The number of anilines is 1. The van der Waals surface area contributed by atoms with Gasteiger partial charge in [-0.1, -0.05) is 19.3 Å². The fourth-order valence-electron chi connectivity index (χ4n) is 2.26. The first-order valence-electron chi connectivity index (χ1n) is 6.22. The van der Waals surface area contributed by atoms with Crippen molar-refractivity contribution < 1.29 is 14.7 Å². The van der Waals surface area contributed by atoms with E-state index in [2.05, 4.69) is 20.6 Å². The maximum Gasteiger partial charge on any atom is 0.329 e. The van der Waals surface area contributed by atoms with E-state index in [-0.39, 0.29) is 5.95 Å². The van der Waals surface area contributed by atoms with Crippen LogP contribution in [0.5, 0.6) is 0 Å². The third kappa shape index (κ3) is 3.18. The summed E-state index contributed by atoms with van der Waals surface area (Å²) in [5.41, 5.74) is -1.17. The van der Waals surface area contributed by atoms with Crippen LogP contribution in [-0.2, 0) is 4.79 Å². The largest absolute Gasteiger partial charge is 0.480 e. The van der Waals surface area contributed by atoms with Crippen LogP contribution in [0.25, 0.3) is 0 Å². The van der Waals surface area contributed by atoms with Gasteiger partial charge in [0.1, 0.15) is 5.54 Å². The number of nitrogens with zero attached hydrogens (tertiary/aromatic N) is 2. The van der Waals surface area contributed by atoms with Crippen LogP contribution in [0, 0.1) is 0 Å². The van der Waals surface area contributed by atoms with Crippen LogP contribution in [0.3, 0.4) is 0 Å². The highest BCUT2D eigenvalue weighted by Crippen LogP contribution is 2.28. The van der Waals surface area contributed by atoms with Crippen molar-refractivity contribution in [3.63, 3.8) is 0 Å². The molecule has 2 amide bonds. The molecule has 7 heteroatoms. The van der Waals surface area contributed by atoms with Crippen molar-refractivity contribution >= 4 is 17.9 Å². The molecule has 1 saturated carbocycles. The van der Waals surface area contributed by atoms with Crippen molar-refractivity contribution in [2.24, 2.45) is 0 Å². The van der Waals surface area contributed by atoms with E-state index in [9.17, 15) is 14.7 Å². The van der Waals surface area contributed by atoms with E-state index in [4.69, 9.17) is 0 Å². The van der Waals surface area contributed by atoms with Gasteiger partial charge in [0.25, 0.3) is 0 Å². The Bertz CT molecular complexity index is 457. The summed E-state index contributed by atoms with van der Waals surface area (Å²) in [5.74, 6) is -0.840. The standard InChI is InChI=1S/C12H16N4O3/c17-9(18)12(5-2-1-3-6-12)16-11(19)15-10-13-7-4-8-14-10/h4,7-8H,1-3,5-6H2,(H,17,18)(H2,13,14,15,16,19). The normalized spacial score (nSPS) is 17.5. The highest BCUT2D eigenvalue weighted by Gasteiger charge is 2.41. The van der Waals surface area contributed by atoms with Gasteiger partial charge in [-0.2, -0.15) is 0 Å². The van der Waals surface area contributed by atoms with Crippen LogP contribution >= 0.6 is 0 Å². The lowest BCUT2D eigenvalue weighted by atomic mass is 9.82. The summed E-state index contributed by atoms with van der Waals surface area (Å²) in [4.78, 5) is 30.9. The topological polar surface area (TPSA) is 104 Å². The van der Waals surface area contributed by atoms with Gasteiger partial charge in [0.15, 0.2) is 0 Å². The summed E-state index contributed by atoms with van der Waals surface area (Å²) in [5, 5.41) is 14.3. The lowest BCUT2D eigenvalue weighted by molar-refractivity contribution is -0.145. The van der Waals surface area contributed by atoms with Crippen LogP contribution in [0.2, 0.25) is 0 Å². The third-order valence-corrected chi connectivity index (χ3v) is 3.26. The van der Waals surface area contributed by atoms with E-state index in [1.54, 1.807) is 6.07 Å². The number of carboxylic acid groups (broad SMARTS) is 1. The van der Waals surface area contributed by atoms with Gasteiger partial charge in [-0.05, 0) is 18.9 Å². The highest BCUT2D eigenvalue weighted by atomic mass is 16.4. The summed E-state index contributed by atoms with van der Waals surface area (Å²) in [6.45, 7) is 0. The molecule has 0 bridgehead atoms. The Morgan fingerprint density at radius 3 is 2.37 bits per heavy atom. The minimum atomic E-state index is -1.17. The molecule has 1 heterocycles. The van der Waals surface area contributed by atoms with Crippen LogP contribution in [0.15, 0.2) is 18.5 Å². The molecule has 2 rings (SSSR count).